The number of nitrogens with zero attached hydrogens (tertiary/aromatic N) is 1. The van der Waals surface area contributed by atoms with E-state index in [4.69, 9.17) is 4.52 Å². The van der Waals surface area contributed by atoms with E-state index in [1.54, 1.807) is 40.3 Å². The van der Waals surface area contributed by atoms with Gasteiger partial charge in [0.2, 0.25) is 17.7 Å². The lowest BCUT2D eigenvalue weighted by molar-refractivity contribution is -0.125. The molecule has 47 heavy (non-hydrogen) atoms. The molecule has 12 heteroatoms. The van der Waals surface area contributed by atoms with Crippen molar-refractivity contribution in [2.24, 2.45) is 0 Å². The Morgan fingerprint density at radius 3 is 2.36 bits per heavy atom. The number of para-hydroxylation sites is 1. The molecular formula is C35H48N3O6PS2. The lowest BCUT2D eigenvalue weighted by Gasteiger charge is -2.26. The maximum atomic E-state index is 13.3. The summed E-state index contributed by atoms with van der Waals surface area (Å²) in [5, 5.41) is 5.89. The lowest BCUT2D eigenvalue weighted by Crippen LogP contribution is -2.33. The van der Waals surface area contributed by atoms with Crippen molar-refractivity contribution in [1.82, 2.24) is 10.6 Å². The molecule has 0 aliphatic carbocycles. The molecule has 0 bridgehead atoms. The van der Waals surface area contributed by atoms with Crippen molar-refractivity contribution in [2.75, 3.05) is 30.3 Å². The van der Waals surface area contributed by atoms with Crippen molar-refractivity contribution in [1.29, 1.82) is 0 Å². The lowest BCUT2D eigenvalue weighted by atomic mass is 10.0. The normalized spacial score (nSPS) is 13.7. The van der Waals surface area contributed by atoms with E-state index in [0.717, 1.165) is 41.6 Å². The fraction of sp³-hybridized carbons (Fsp3) is 0.514. The number of hydrogen-bond donors (Lipinski definition) is 3. The maximum absolute atomic E-state index is 13.3. The second-order valence-electron chi connectivity index (χ2n) is 12.4. The zero-order valence-electron chi connectivity index (χ0n) is 27.9. The highest BCUT2D eigenvalue weighted by molar-refractivity contribution is 8.77. The van der Waals surface area contributed by atoms with E-state index in [9.17, 15) is 23.8 Å². The maximum Gasteiger partial charge on any atom is 0.330 e. The molecular weight excluding hydrogens is 654 g/mol. The molecule has 1 heterocycles. The number of nitrogens with one attached hydrogen (secondary N) is 2. The molecule has 3 amide bonds. The van der Waals surface area contributed by atoms with Crippen LogP contribution < -0.4 is 15.5 Å². The molecule has 0 fully saturated rings. The van der Waals surface area contributed by atoms with Gasteiger partial charge < -0.3 is 25.0 Å². The van der Waals surface area contributed by atoms with Gasteiger partial charge in [0.15, 0.2) is 0 Å². The van der Waals surface area contributed by atoms with Crippen LogP contribution in [0.5, 0.6) is 0 Å². The van der Waals surface area contributed by atoms with Crippen LogP contribution in [0.25, 0.3) is 0 Å². The van der Waals surface area contributed by atoms with E-state index in [1.807, 2.05) is 62.4 Å². The van der Waals surface area contributed by atoms with E-state index >= 15 is 0 Å². The Balaban J connectivity index is 1.28. The van der Waals surface area contributed by atoms with Gasteiger partial charge in [-0.2, -0.15) is 0 Å². The molecule has 3 rings (SSSR count). The smallest absolute Gasteiger partial charge is 0.330 e. The predicted molar refractivity (Wildman–Crippen MR) is 193 cm³/mol. The van der Waals surface area contributed by atoms with Crippen molar-refractivity contribution >= 4 is 52.6 Å². The SMILES string of the molecule is CC(C)P(=O)(O)OCCCCCCNC(=O)CC(C)(C)SSCCNC(=O)CCC(=O)N1Cc2ccccc2C#Cc2ccccc21. The van der Waals surface area contributed by atoms with Crippen molar-refractivity contribution in [3.05, 3.63) is 65.2 Å². The van der Waals surface area contributed by atoms with Gasteiger partial charge in [-0.05, 0) is 50.5 Å². The minimum atomic E-state index is -3.50. The summed E-state index contributed by atoms with van der Waals surface area (Å²) in [7, 11) is -0.272. The number of benzene rings is 2. The summed E-state index contributed by atoms with van der Waals surface area (Å²) in [5.41, 5.74) is 3.01. The average molecular weight is 702 g/mol. The zero-order chi connectivity index (χ0) is 34.3. The van der Waals surface area contributed by atoms with Gasteiger partial charge in [0, 0.05) is 54.0 Å². The van der Waals surface area contributed by atoms with Gasteiger partial charge in [-0.3, -0.25) is 18.9 Å². The Morgan fingerprint density at radius 1 is 0.936 bits per heavy atom. The molecule has 1 aliphatic rings. The summed E-state index contributed by atoms with van der Waals surface area (Å²) in [4.78, 5) is 49.7. The molecule has 0 spiro atoms. The number of amides is 3. The Labute approximate surface area is 287 Å². The second kappa shape index (κ2) is 19.3. The topological polar surface area (TPSA) is 125 Å². The van der Waals surface area contributed by atoms with Crippen LogP contribution >= 0.6 is 29.2 Å². The summed E-state index contributed by atoms with van der Waals surface area (Å²) in [6.07, 6.45) is 3.91. The molecule has 1 atom stereocenters. The Hall–Kier alpha value is -2.74. The van der Waals surface area contributed by atoms with Crippen molar-refractivity contribution < 1.29 is 28.4 Å². The number of unbranched alkanes of at least 4 members (excludes halogenated alkanes) is 3. The molecule has 256 valence electrons. The second-order valence-corrected chi connectivity index (χ2v) is 17.9. The van der Waals surface area contributed by atoms with E-state index in [1.165, 1.54) is 0 Å². The fourth-order valence-electron chi connectivity index (χ4n) is 4.72. The molecule has 0 aromatic heterocycles. The third-order valence-electron chi connectivity index (χ3n) is 7.44. The molecule has 9 nitrogen and oxygen atoms in total. The highest BCUT2D eigenvalue weighted by Crippen LogP contribution is 2.47. The minimum Gasteiger partial charge on any atom is -0.356 e. The highest BCUT2D eigenvalue weighted by Gasteiger charge is 2.25. The number of anilines is 1. The van der Waals surface area contributed by atoms with E-state index in [-0.39, 0.29) is 41.9 Å². The van der Waals surface area contributed by atoms with Crippen LogP contribution in [0, 0.1) is 11.8 Å². The van der Waals surface area contributed by atoms with E-state index in [2.05, 4.69) is 22.5 Å². The average Bonchev–Trinajstić information content (AvgIpc) is 3.01. The van der Waals surface area contributed by atoms with Gasteiger partial charge in [-0.25, -0.2) is 0 Å². The van der Waals surface area contributed by atoms with Gasteiger partial charge in [0.05, 0.1) is 24.5 Å². The first-order chi connectivity index (χ1) is 22.4. The third kappa shape index (κ3) is 13.7. The Morgan fingerprint density at radius 2 is 1.60 bits per heavy atom. The van der Waals surface area contributed by atoms with Crippen LogP contribution in [-0.4, -0.2) is 58.5 Å². The van der Waals surface area contributed by atoms with E-state index in [0.29, 0.717) is 38.2 Å². The summed E-state index contributed by atoms with van der Waals surface area (Å²) in [6.45, 7) is 9.13. The minimum absolute atomic E-state index is 0.000688. The molecule has 1 unspecified atom stereocenters. The number of carbonyl (C=O) groups is 3. The predicted octanol–water partition coefficient (Wildman–Crippen LogP) is 6.67. The number of fused-ring (bicyclic) bond motifs is 2. The van der Waals surface area contributed by atoms with Gasteiger partial charge in [-0.1, -0.05) is 90.4 Å². The summed E-state index contributed by atoms with van der Waals surface area (Å²) < 4.78 is 16.6. The van der Waals surface area contributed by atoms with Crippen LogP contribution in [0.4, 0.5) is 5.69 Å². The highest BCUT2D eigenvalue weighted by atomic mass is 33.1. The van der Waals surface area contributed by atoms with Crippen molar-refractivity contribution in [2.45, 2.75) is 89.6 Å². The van der Waals surface area contributed by atoms with E-state index < -0.39 is 13.3 Å². The zero-order valence-corrected chi connectivity index (χ0v) is 30.4. The third-order valence-corrected chi connectivity index (χ3v) is 12.6. The first-order valence-electron chi connectivity index (χ1n) is 16.2. The molecule has 0 radical (unpaired) electrons. The van der Waals surface area contributed by atoms with Crippen LogP contribution in [0.2, 0.25) is 0 Å². The summed E-state index contributed by atoms with van der Waals surface area (Å²) in [5.74, 6) is 6.79. The first-order valence-corrected chi connectivity index (χ1v) is 20.1. The van der Waals surface area contributed by atoms with Crippen LogP contribution in [0.15, 0.2) is 48.5 Å². The van der Waals surface area contributed by atoms with Crippen LogP contribution in [0.3, 0.4) is 0 Å². The Kier molecular flexibility index (Phi) is 15.9. The van der Waals surface area contributed by atoms with Crippen LogP contribution in [-0.2, 0) is 30.0 Å². The van der Waals surface area contributed by atoms with Crippen molar-refractivity contribution in [3.63, 3.8) is 0 Å². The van der Waals surface area contributed by atoms with Crippen molar-refractivity contribution in [3.8, 4) is 11.8 Å². The first kappa shape index (κ1) is 38.7. The molecule has 1 aliphatic heterocycles. The largest absolute Gasteiger partial charge is 0.356 e. The quantitative estimate of drug-likeness (QED) is 0.0643. The number of rotatable bonds is 19. The summed E-state index contributed by atoms with van der Waals surface area (Å²) in [6, 6.07) is 15.4. The van der Waals surface area contributed by atoms with Crippen LogP contribution in [0.1, 0.15) is 89.3 Å². The van der Waals surface area contributed by atoms with Gasteiger partial charge in [0.1, 0.15) is 0 Å². The van der Waals surface area contributed by atoms with Gasteiger partial charge in [0.25, 0.3) is 0 Å². The molecule has 2 aromatic carbocycles. The summed E-state index contributed by atoms with van der Waals surface area (Å²) >= 11 is 0. The standard InChI is InChI=1S/C35H48N3O6PS2/c1-27(2)45(42,43)44-23-12-6-5-11-21-36-33(40)25-35(3,4)47-46-24-22-37-32(39)19-20-34(41)38-26-30-15-8-7-13-28(30)17-18-29-14-9-10-16-31(29)38/h7-10,13-16,27H,5-6,11-12,19-26H2,1-4H3,(H,36,40)(H,37,39)(H,42,43). The fourth-order valence-corrected chi connectivity index (χ4v) is 7.82. The number of hydrogen-bond acceptors (Lipinski definition) is 7. The van der Waals surface area contributed by atoms with Gasteiger partial charge in [-0.15, -0.1) is 0 Å². The monoisotopic (exact) mass is 701 g/mol. The Bertz CT molecular complexity index is 1470. The molecule has 3 N–H and O–H groups in total. The van der Waals surface area contributed by atoms with Gasteiger partial charge >= 0.3 is 7.60 Å². The molecule has 2 aromatic rings. The number of carbonyl (C=O) groups excluding carboxylic acids is 3. The molecule has 0 saturated heterocycles. The molecule has 0 saturated carbocycles.